The van der Waals surface area contributed by atoms with Gasteiger partial charge in [0.1, 0.15) is 0 Å². The molecule has 0 saturated carbocycles. The van der Waals surface area contributed by atoms with Crippen LogP contribution in [0.15, 0.2) is 29.2 Å². The van der Waals surface area contributed by atoms with Gasteiger partial charge in [-0.2, -0.15) is 0 Å². The Hall–Kier alpha value is -0.480. The molecule has 98 valence electrons. The number of fused-ring (bicyclic) bond motifs is 1. The van der Waals surface area contributed by atoms with Crippen LogP contribution in [0.25, 0.3) is 0 Å². The van der Waals surface area contributed by atoms with Crippen LogP contribution in [0.4, 0.5) is 0 Å². The van der Waals surface area contributed by atoms with E-state index in [0.29, 0.717) is 5.92 Å². The number of halogens is 1. The van der Waals surface area contributed by atoms with Crippen molar-refractivity contribution in [3.05, 3.63) is 29.8 Å². The van der Waals surface area contributed by atoms with E-state index in [1.54, 1.807) is 11.8 Å². The molecule has 1 aromatic carbocycles. The standard InChI is InChI=1S/C14H18BrNOS/c1-9(7-15)10(2)16-14(17)12-8-18-13-6-4-3-5-11(12)13/h3-6,9-10,12H,7-8H2,1-2H3,(H,16,17). The van der Waals surface area contributed by atoms with Gasteiger partial charge in [0.25, 0.3) is 0 Å². The van der Waals surface area contributed by atoms with Gasteiger partial charge in [-0.05, 0) is 24.5 Å². The zero-order chi connectivity index (χ0) is 13.1. The third-order valence-corrected chi connectivity index (χ3v) is 5.69. The molecule has 1 N–H and O–H groups in total. The molecule has 3 atom stereocenters. The summed E-state index contributed by atoms with van der Waals surface area (Å²) >= 11 is 5.23. The van der Waals surface area contributed by atoms with E-state index in [1.165, 1.54) is 10.5 Å². The monoisotopic (exact) mass is 327 g/mol. The second kappa shape index (κ2) is 6.11. The van der Waals surface area contributed by atoms with Gasteiger partial charge in [-0.15, -0.1) is 11.8 Å². The van der Waals surface area contributed by atoms with Crippen LogP contribution in [0.5, 0.6) is 0 Å². The number of thioether (sulfide) groups is 1. The zero-order valence-corrected chi connectivity index (χ0v) is 13.1. The Morgan fingerprint density at radius 1 is 1.50 bits per heavy atom. The summed E-state index contributed by atoms with van der Waals surface area (Å²) in [4.78, 5) is 13.5. The van der Waals surface area contributed by atoms with Gasteiger partial charge >= 0.3 is 0 Å². The van der Waals surface area contributed by atoms with Crippen molar-refractivity contribution >= 4 is 33.6 Å². The Kier molecular flexibility index (Phi) is 4.73. The Balaban J connectivity index is 2.03. The molecule has 0 saturated heterocycles. The fourth-order valence-corrected chi connectivity index (χ4v) is 3.77. The maximum absolute atomic E-state index is 12.3. The summed E-state index contributed by atoms with van der Waals surface area (Å²) in [5, 5.41) is 4.04. The molecule has 1 aliphatic rings. The number of hydrogen-bond acceptors (Lipinski definition) is 2. The summed E-state index contributed by atoms with van der Waals surface area (Å²) in [5.41, 5.74) is 1.18. The van der Waals surface area contributed by atoms with E-state index in [-0.39, 0.29) is 17.9 Å². The zero-order valence-electron chi connectivity index (χ0n) is 10.7. The Labute approximate surface area is 121 Å². The number of alkyl halides is 1. The normalized spacial score (nSPS) is 21.2. The van der Waals surface area contributed by atoms with Crippen molar-refractivity contribution in [1.29, 1.82) is 0 Å². The molecule has 1 heterocycles. The summed E-state index contributed by atoms with van der Waals surface area (Å²) in [6, 6.07) is 8.40. The molecular weight excluding hydrogens is 310 g/mol. The summed E-state index contributed by atoms with van der Waals surface area (Å²) < 4.78 is 0. The highest BCUT2D eigenvalue weighted by atomic mass is 79.9. The molecule has 0 aliphatic carbocycles. The highest BCUT2D eigenvalue weighted by Crippen LogP contribution is 2.39. The third kappa shape index (κ3) is 2.91. The SMILES string of the molecule is CC(CBr)C(C)NC(=O)C1CSc2ccccc21. The van der Waals surface area contributed by atoms with Gasteiger partial charge in [-0.25, -0.2) is 0 Å². The van der Waals surface area contributed by atoms with Crippen molar-refractivity contribution in [3.8, 4) is 0 Å². The van der Waals surface area contributed by atoms with Crippen molar-refractivity contribution in [3.63, 3.8) is 0 Å². The minimum absolute atomic E-state index is 0.0103. The smallest absolute Gasteiger partial charge is 0.228 e. The lowest BCUT2D eigenvalue weighted by atomic mass is 9.99. The number of carbonyl (C=O) groups excluding carboxylic acids is 1. The maximum Gasteiger partial charge on any atom is 0.228 e. The number of benzene rings is 1. The molecule has 1 aliphatic heterocycles. The lowest BCUT2D eigenvalue weighted by Gasteiger charge is -2.21. The highest BCUT2D eigenvalue weighted by molar-refractivity contribution is 9.09. The van der Waals surface area contributed by atoms with E-state index in [0.717, 1.165) is 11.1 Å². The van der Waals surface area contributed by atoms with Crippen LogP contribution < -0.4 is 5.32 Å². The van der Waals surface area contributed by atoms with Crippen LogP contribution in [0, 0.1) is 5.92 Å². The topological polar surface area (TPSA) is 29.1 Å². The highest BCUT2D eigenvalue weighted by Gasteiger charge is 2.30. The van der Waals surface area contributed by atoms with Gasteiger partial charge < -0.3 is 5.32 Å². The summed E-state index contributed by atoms with van der Waals surface area (Å²) in [7, 11) is 0. The molecule has 2 nitrogen and oxygen atoms in total. The second-order valence-electron chi connectivity index (χ2n) is 4.83. The summed E-state index contributed by atoms with van der Waals surface area (Å²) in [5.74, 6) is 1.47. The van der Waals surface area contributed by atoms with E-state index in [9.17, 15) is 4.79 Å². The number of hydrogen-bond donors (Lipinski definition) is 1. The minimum Gasteiger partial charge on any atom is -0.353 e. The average Bonchev–Trinajstić information content (AvgIpc) is 2.81. The first kappa shape index (κ1) is 13.9. The quantitative estimate of drug-likeness (QED) is 0.858. The molecule has 0 spiro atoms. The Morgan fingerprint density at radius 2 is 2.22 bits per heavy atom. The fourth-order valence-electron chi connectivity index (χ4n) is 1.98. The van der Waals surface area contributed by atoms with Crippen LogP contribution >= 0.6 is 27.7 Å². The molecule has 0 aromatic heterocycles. The van der Waals surface area contributed by atoms with Gasteiger partial charge in [-0.3, -0.25) is 4.79 Å². The molecule has 4 heteroatoms. The predicted octanol–water partition coefficient (Wildman–Crippen LogP) is 3.41. The first-order chi connectivity index (χ1) is 8.63. The van der Waals surface area contributed by atoms with Gasteiger partial charge in [-0.1, -0.05) is 41.1 Å². The molecular formula is C14H18BrNOS. The van der Waals surface area contributed by atoms with Crippen LogP contribution in [-0.4, -0.2) is 23.0 Å². The van der Waals surface area contributed by atoms with E-state index in [1.807, 2.05) is 12.1 Å². The number of rotatable bonds is 4. The van der Waals surface area contributed by atoms with Crippen molar-refractivity contribution in [2.75, 3.05) is 11.1 Å². The van der Waals surface area contributed by atoms with E-state index in [4.69, 9.17) is 0 Å². The van der Waals surface area contributed by atoms with E-state index in [2.05, 4.69) is 47.2 Å². The van der Waals surface area contributed by atoms with Crippen LogP contribution in [0.1, 0.15) is 25.3 Å². The average molecular weight is 328 g/mol. The van der Waals surface area contributed by atoms with Crippen molar-refractivity contribution in [1.82, 2.24) is 5.32 Å². The predicted molar refractivity (Wildman–Crippen MR) is 80.5 cm³/mol. The molecule has 1 amide bonds. The molecule has 0 radical (unpaired) electrons. The van der Waals surface area contributed by atoms with E-state index >= 15 is 0 Å². The largest absolute Gasteiger partial charge is 0.353 e. The van der Waals surface area contributed by atoms with Crippen molar-refractivity contribution in [2.45, 2.75) is 30.7 Å². The number of nitrogens with one attached hydrogen (secondary N) is 1. The van der Waals surface area contributed by atoms with Crippen molar-refractivity contribution < 1.29 is 4.79 Å². The van der Waals surface area contributed by atoms with Crippen LogP contribution in [0.3, 0.4) is 0 Å². The van der Waals surface area contributed by atoms with Gasteiger partial charge in [0.2, 0.25) is 5.91 Å². The van der Waals surface area contributed by atoms with Gasteiger partial charge in [0.05, 0.1) is 5.92 Å². The van der Waals surface area contributed by atoms with Gasteiger partial charge in [0, 0.05) is 22.0 Å². The first-order valence-corrected chi connectivity index (χ1v) is 8.32. The van der Waals surface area contributed by atoms with Crippen molar-refractivity contribution in [2.24, 2.45) is 5.92 Å². The molecule has 0 fully saturated rings. The summed E-state index contributed by atoms with van der Waals surface area (Å²) in [6.07, 6.45) is 0. The molecule has 1 aromatic rings. The number of amides is 1. The fraction of sp³-hybridized carbons (Fsp3) is 0.500. The third-order valence-electron chi connectivity index (χ3n) is 3.48. The lowest BCUT2D eigenvalue weighted by molar-refractivity contribution is -0.122. The summed E-state index contributed by atoms with van der Waals surface area (Å²) in [6.45, 7) is 4.20. The number of carbonyl (C=O) groups is 1. The maximum atomic E-state index is 12.3. The Bertz CT molecular complexity index is 438. The van der Waals surface area contributed by atoms with Gasteiger partial charge in [0.15, 0.2) is 0 Å². The van der Waals surface area contributed by atoms with E-state index < -0.39 is 0 Å². The second-order valence-corrected chi connectivity index (χ2v) is 6.54. The first-order valence-electron chi connectivity index (χ1n) is 6.21. The molecule has 2 rings (SSSR count). The molecule has 3 unspecified atom stereocenters. The minimum atomic E-state index is 0.0103. The molecule has 18 heavy (non-hydrogen) atoms. The molecule has 0 bridgehead atoms. The van der Waals surface area contributed by atoms with Crippen LogP contribution in [0.2, 0.25) is 0 Å². The van der Waals surface area contributed by atoms with Crippen LogP contribution in [-0.2, 0) is 4.79 Å². The lowest BCUT2D eigenvalue weighted by Crippen LogP contribution is -2.40. The Morgan fingerprint density at radius 3 is 2.94 bits per heavy atom.